The molecule has 0 fully saturated rings. The van der Waals surface area contributed by atoms with Gasteiger partial charge in [0.2, 0.25) is 0 Å². The van der Waals surface area contributed by atoms with Gasteiger partial charge in [-0.3, -0.25) is 0 Å². The second kappa shape index (κ2) is 8.72. The largest absolute Gasteiger partial charge is 0.504 e. The highest BCUT2D eigenvalue weighted by Crippen LogP contribution is 2.54. The Labute approximate surface area is 220 Å². The van der Waals surface area contributed by atoms with Gasteiger partial charge in [0.05, 0.1) is 29.3 Å². The zero-order valence-corrected chi connectivity index (χ0v) is 21.2. The molecule has 3 aromatic carbocycles. The topological polar surface area (TPSA) is 50.7 Å². The van der Waals surface area contributed by atoms with E-state index in [4.69, 9.17) is 9.47 Å². The standard InChI is InChI=1S/C29H23F6NO3/c1-14-13-27(2,3)36-19-6-5-18-24(23(14)19)22(39-21-8-7-20(37)26(38-4)25(18)21)11-15-9-16(28(30,31)32)12-17(10-15)29(33,34)35/h5-13,36-37H,1-4H3/b22-11-. The van der Waals surface area contributed by atoms with Crippen LogP contribution in [0.2, 0.25) is 0 Å². The number of methoxy groups -OCH3 is 1. The molecule has 0 aromatic heterocycles. The van der Waals surface area contributed by atoms with Crippen molar-refractivity contribution in [1.82, 2.24) is 0 Å². The number of phenols is 1. The molecule has 2 aliphatic heterocycles. The van der Waals surface area contributed by atoms with E-state index >= 15 is 0 Å². The molecule has 10 heteroatoms. The Morgan fingerprint density at radius 2 is 1.54 bits per heavy atom. The molecule has 0 saturated heterocycles. The molecule has 3 aromatic rings. The maximum Gasteiger partial charge on any atom is 0.416 e. The summed E-state index contributed by atoms with van der Waals surface area (Å²) in [7, 11) is 1.37. The van der Waals surface area contributed by atoms with Gasteiger partial charge in [-0.1, -0.05) is 12.1 Å². The van der Waals surface area contributed by atoms with Crippen LogP contribution in [-0.2, 0) is 12.4 Å². The fourth-order valence-corrected chi connectivity index (χ4v) is 5.16. The predicted molar refractivity (Wildman–Crippen MR) is 136 cm³/mol. The maximum atomic E-state index is 13.5. The lowest BCUT2D eigenvalue weighted by Crippen LogP contribution is -2.32. The number of hydrogen-bond acceptors (Lipinski definition) is 4. The summed E-state index contributed by atoms with van der Waals surface area (Å²) >= 11 is 0. The van der Waals surface area contributed by atoms with Crippen molar-refractivity contribution in [3.05, 3.63) is 76.4 Å². The van der Waals surface area contributed by atoms with Crippen molar-refractivity contribution in [2.45, 2.75) is 38.7 Å². The molecule has 0 unspecified atom stereocenters. The second-order valence-electron chi connectivity index (χ2n) is 10.0. The molecular formula is C29H23F6NO3. The van der Waals surface area contributed by atoms with Crippen LogP contribution in [0.4, 0.5) is 32.0 Å². The summed E-state index contributed by atoms with van der Waals surface area (Å²) in [6.45, 7) is 5.79. The first-order valence-electron chi connectivity index (χ1n) is 11.8. The van der Waals surface area contributed by atoms with Gasteiger partial charge in [-0.2, -0.15) is 26.3 Å². The van der Waals surface area contributed by atoms with Gasteiger partial charge in [0, 0.05) is 22.4 Å². The highest BCUT2D eigenvalue weighted by Gasteiger charge is 2.38. The Morgan fingerprint density at radius 1 is 0.897 bits per heavy atom. The zero-order valence-electron chi connectivity index (χ0n) is 21.2. The minimum absolute atomic E-state index is 0.0452. The smallest absolute Gasteiger partial charge is 0.416 e. The number of hydrogen-bond donors (Lipinski definition) is 2. The summed E-state index contributed by atoms with van der Waals surface area (Å²) in [6, 6.07) is 7.76. The van der Waals surface area contributed by atoms with E-state index in [1.54, 1.807) is 6.07 Å². The second-order valence-corrected chi connectivity index (χ2v) is 10.0. The van der Waals surface area contributed by atoms with Crippen LogP contribution in [0.5, 0.6) is 17.2 Å². The van der Waals surface area contributed by atoms with Crippen LogP contribution in [-0.4, -0.2) is 17.8 Å². The van der Waals surface area contributed by atoms with Crippen LogP contribution in [0.3, 0.4) is 0 Å². The molecule has 0 saturated carbocycles. The third-order valence-electron chi connectivity index (χ3n) is 6.58. The number of alkyl halides is 6. The summed E-state index contributed by atoms with van der Waals surface area (Å²) in [5, 5.41) is 13.8. The summed E-state index contributed by atoms with van der Waals surface area (Å²) in [6.07, 6.45) is -6.86. The molecule has 0 spiro atoms. The van der Waals surface area contributed by atoms with Crippen LogP contribution in [0.25, 0.3) is 28.5 Å². The Hall–Kier alpha value is -4.08. The highest BCUT2D eigenvalue weighted by atomic mass is 19.4. The summed E-state index contributed by atoms with van der Waals surface area (Å²) in [5.74, 6) is 0.230. The van der Waals surface area contributed by atoms with Gasteiger partial charge in [-0.25, -0.2) is 0 Å². The van der Waals surface area contributed by atoms with Gasteiger partial charge in [0.25, 0.3) is 0 Å². The fraction of sp³-hybridized carbons (Fsp3) is 0.241. The van der Waals surface area contributed by atoms with Gasteiger partial charge in [-0.15, -0.1) is 0 Å². The number of ether oxygens (including phenoxy) is 2. The summed E-state index contributed by atoms with van der Waals surface area (Å²) < 4.78 is 92.9. The molecule has 0 bridgehead atoms. The van der Waals surface area contributed by atoms with E-state index < -0.39 is 29.0 Å². The minimum Gasteiger partial charge on any atom is -0.504 e. The number of benzene rings is 3. The van der Waals surface area contributed by atoms with E-state index in [2.05, 4.69) is 5.32 Å². The van der Waals surface area contributed by atoms with Crippen molar-refractivity contribution in [2.75, 3.05) is 12.4 Å². The number of halogens is 6. The number of phenolic OH excluding ortho intramolecular Hbond substituents is 1. The molecule has 2 aliphatic rings. The van der Waals surface area contributed by atoms with Crippen molar-refractivity contribution >= 4 is 23.1 Å². The summed E-state index contributed by atoms with van der Waals surface area (Å²) in [4.78, 5) is 0. The number of fused-ring (bicyclic) bond motifs is 5. The van der Waals surface area contributed by atoms with Gasteiger partial charge < -0.3 is 19.9 Å². The predicted octanol–water partition coefficient (Wildman–Crippen LogP) is 8.60. The van der Waals surface area contributed by atoms with Crippen LogP contribution < -0.4 is 14.8 Å². The van der Waals surface area contributed by atoms with Crippen LogP contribution in [0, 0.1) is 0 Å². The van der Waals surface area contributed by atoms with E-state index in [0.29, 0.717) is 40.1 Å². The first-order chi connectivity index (χ1) is 18.1. The zero-order chi connectivity index (χ0) is 28.5. The lowest BCUT2D eigenvalue weighted by Gasteiger charge is -2.35. The molecule has 2 N–H and O–H groups in total. The van der Waals surface area contributed by atoms with Crippen molar-refractivity contribution in [3.63, 3.8) is 0 Å². The number of nitrogens with one attached hydrogen (secondary N) is 1. The molecule has 4 nitrogen and oxygen atoms in total. The number of rotatable bonds is 2. The van der Waals surface area contributed by atoms with E-state index in [-0.39, 0.29) is 34.6 Å². The van der Waals surface area contributed by atoms with E-state index in [9.17, 15) is 31.4 Å². The number of aromatic hydroxyl groups is 1. The Bertz CT molecular complexity index is 1530. The van der Waals surface area contributed by atoms with Gasteiger partial charge >= 0.3 is 12.4 Å². The Kier molecular flexibility index (Phi) is 5.93. The number of allylic oxidation sites excluding steroid dienone is 1. The van der Waals surface area contributed by atoms with Crippen LogP contribution in [0.15, 0.2) is 48.5 Å². The SMILES string of the molecule is COc1c(O)ccc2c1-c1ccc3c(c1/C(=C/c1cc(C(F)(F)F)cc(C(F)(F)F)c1)O2)C(C)=CC(C)(C)N3. The molecule has 39 heavy (non-hydrogen) atoms. The molecule has 0 radical (unpaired) electrons. The highest BCUT2D eigenvalue weighted by molar-refractivity contribution is 6.02. The molecule has 204 valence electrons. The first kappa shape index (κ1) is 26.5. The van der Waals surface area contributed by atoms with Crippen LogP contribution in [0.1, 0.15) is 48.6 Å². The van der Waals surface area contributed by atoms with E-state index in [1.165, 1.54) is 25.3 Å². The minimum atomic E-state index is -4.99. The molecular weight excluding hydrogens is 524 g/mol. The summed E-state index contributed by atoms with van der Waals surface area (Å²) in [5.41, 5.74) is -0.0424. The van der Waals surface area contributed by atoms with Crippen molar-refractivity contribution in [2.24, 2.45) is 0 Å². The monoisotopic (exact) mass is 547 g/mol. The third-order valence-corrected chi connectivity index (χ3v) is 6.58. The van der Waals surface area contributed by atoms with Gasteiger partial charge in [0.15, 0.2) is 11.5 Å². The molecule has 2 heterocycles. The molecule has 0 aliphatic carbocycles. The number of anilines is 1. The average Bonchev–Trinajstić information content (AvgIpc) is 2.81. The molecule has 0 amide bonds. The van der Waals surface area contributed by atoms with Gasteiger partial charge in [0.1, 0.15) is 11.5 Å². The lowest BCUT2D eigenvalue weighted by atomic mass is 9.82. The van der Waals surface area contributed by atoms with E-state index in [1.807, 2.05) is 32.9 Å². The van der Waals surface area contributed by atoms with Crippen molar-refractivity contribution < 1.29 is 40.9 Å². The fourth-order valence-electron chi connectivity index (χ4n) is 5.16. The normalized spacial score (nSPS) is 16.9. The first-order valence-corrected chi connectivity index (χ1v) is 11.8. The molecule has 0 atom stereocenters. The van der Waals surface area contributed by atoms with E-state index in [0.717, 1.165) is 5.57 Å². The van der Waals surface area contributed by atoms with Crippen LogP contribution >= 0.6 is 0 Å². The average molecular weight is 547 g/mol. The van der Waals surface area contributed by atoms with Crippen molar-refractivity contribution in [3.8, 4) is 28.4 Å². The Balaban J connectivity index is 1.83. The lowest BCUT2D eigenvalue weighted by molar-refractivity contribution is -0.143. The third kappa shape index (κ3) is 4.68. The Morgan fingerprint density at radius 3 is 2.13 bits per heavy atom. The van der Waals surface area contributed by atoms with Crippen molar-refractivity contribution in [1.29, 1.82) is 0 Å². The molecule has 5 rings (SSSR count). The van der Waals surface area contributed by atoms with Gasteiger partial charge in [-0.05, 0) is 74.4 Å². The quantitative estimate of drug-likeness (QED) is 0.316. The maximum absolute atomic E-state index is 13.5.